The van der Waals surface area contributed by atoms with Crippen LogP contribution in [0.3, 0.4) is 0 Å². The molecule has 0 atom stereocenters. The molecule has 0 unspecified atom stereocenters. The number of hydrogen-bond acceptors (Lipinski definition) is 3. The lowest BCUT2D eigenvalue weighted by atomic mass is 9.90. The van der Waals surface area contributed by atoms with Crippen molar-refractivity contribution < 1.29 is 0 Å². The first-order chi connectivity index (χ1) is 33.2. The molecular weight excluding hydrogens is 813 g/mol. The molecule has 0 aliphatic carbocycles. The van der Waals surface area contributed by atoms with Crippen molar-refractivity contribution in [3.05, 3.63) is 243 Å². The van der Waals surface area contributed by atoms with E-state index in [0.717, 1.165) is 77.2 Å². The highest BCUT2D eigenvalue weighted by Crippen LogP contribution is 2.45. The molecule has 0 bridgehead atoms. The summed E-state index contributed by atoms with van der Waals surface area (Å²) in [6, 6.07) is 86.7. The van der Waals surface area contributed by atoms with Gasteiger partial charge in [0.05, 0.1) is 16.7 Å². The first kappa shape index (κ1) is 38.5. The third-order valence-electron chi connectivity index (χ3n) is 13.2. The second-order valence-electron chi connectivity index (χ2n) is 17.2. The van der Waals surface area contributed by atoms with Crippen molar-refractivity contribution in [2.45, 2.75) is 0 Å². The Morgan fingerprint density at radius 3 is 1.58 bits per heavy atom. The van der Waals surface area contributed by atoms with Gasteiger partial charge < -0.3 is 4.57 Å². The summed E-state index contributed by atoms with van der Waals surface area (Å²) < 4.78 is 2.48. The standard InChI is InChI=1S/C63H40N4/c1-4-18-41(19-5-1)45-28-16-29-46(36-45)49-34-35-52-56(38-49)59(67-57-33-15-14-31-51(57)55-37-47-25-10-11-26-48(47)39-58(55)67)40-54(43-20-6-2-7-21-43)60(52)63-65-61(44-23-8-3-9-24-44)64-62(66-63)53-32-17-27-42-22-12-13-30-50(42)53/h1-40H. The fourth-order valence-electron chi connectivity index (χ4n) is 10.0. The third kappa shape index (κ3) is 6.65. The molecule has 4 nitrogen and oxygen atoms in total. The minimum absolute atomic E-state index is 0.610. The molecule has 0 saturated carbocycles. The van der Waals surface area contributed by atoms with E-state index in [0.29, 0.717) is 17.5 Å². The second kappa shape index (κ2) is 15.9. The molecule has 0 aliphatic heterocycles. The van der Waals surface area contributed by atoms with Crippen molar-refractivity contribution in [1.29, 1.82) is 0 Å². The maximum atomic E-state index is 5.51. The summed E-state index contributed by atoms with van der Waals surface area (Å²) in [5.74, 6) is 1.85. The number of rotatable bonds is 7. The Kier molecular flexibility index (Phi) is 9.14. The monoisotopic (exact) mass is 852 g/mol. The summed E-state index contributed by atoms with van der Waals surface area (Å²) in [4.78, 5) is 16.2. The molecule has 13 aromatic rings. The largest absolute Gasteiger partial charge is 0.309 e. The lowest BCUT2D eigenvalue weighted by molar-refractivity contribution is 1.08. The molecule has 2 aromatic heterocycles. The zero-order chi connectivity index (χ0) is 44.3. The van der Waals surface area contributed by atoms with Gasteiger partial charge in [0, 0.05) is 32.8 Å². The van der Waals surface area contributed by atoms with Crippen LogP contribution in [-0.2, 0) is 0 Å². The van der Waals surface area contributed by atoms with Gasteiger partial charge >= 0.3 is 0 Å². The number of hydrogen-bond donors (Lipinski definition) is 0. The molecule has 0 radical (unpaired) electrons. The van der Waals surface area contributed by atoms with Gasteiger partial charge in [-0.2, -0.15) is 0 Å². The van der Waals surface area contributed by atoms with Crippen LogP contribution in [0, 0.1) is 0 Å². The van der Waals surface area contributed by atoms with E-state index in [1.54, 1.807) is 0 Å². The number of fused-ring (bicyclic) bond motifs is 6. The zero-order valence-electron chi connectivity index (χ0n) is 36.4. The number of nitrogens with zero attached hydrogens (tertiary/aromatic N) is 4. The van der Waals surface area contributed by atoms with Crippen molar-refractivity contribution in [3.8, 4) is 73.2 Å². The molecule has 0 saturated heterocycles. The second-order valence-corrected chi connectivity index (χ2v) is 17.2. The van der Waals surface area contributed by atoms with Crippen LogP contribution in [0.5, 0.6) is 0 Å². The Balaban J connectivity index is 1.16. The highest BCUT2D eigenvalue weighted by Gasteiger charge is 2.24. The lowest BCUT2D eigenvalue weighted by Gasteiger charge is -2.20. The Morgan fingerprint density at radius 2 is 0.806 bits per heavy atom. The molecule has 2 heterocycles. The van der Waals surface area contributed by atoms with Gasteiger partial charge in [-0.05, 0) is 96.7 Å². The van der Waals surface area contributed by atoms with E-state index in [4.69, 9.17) is 15.0 Å². The van der Waals surface area contributed by atoms with E-state index in [-0.39, 0.29) is 0 Å². The highest BCUT2D eigenvalue weighted by atomic mass is 15.0. The van der Waals surface area contributed by atoms with Gasteiger partial charge in [-0.1, -0.05) is 206 Å². The van der Waals surface area contributed by atoms with Gasteiger partial charge in [0.1, 0.15) is 0 Å². The lowest BCUT2D eigenvalue weighted by Crippen LogP contribution is -2.04. The van der Waals surface area contributed by atoms with E-state index >= 15 is 0 Å². The third-order valence-corrected chi connectivity index (χ3v) is 13.2. The molecule has 4 heteroatoms. The number of para-hydroxylation sites is 1. The fourth-order valence-corrected chi connectivity index (χ4v) is 10.0. The summed E-state index contributed by atoms with van der Waals surface area (Å²) >= 11 is 0. The Labute approximate surface area is 387 Å². The quantitative estimate of drug-likeness (QED) is 0.160. The van der Waals surface area contributed by atoms with Crippen LogP contribution in [0.1, 0.15) is 0 Å². The first-order valence-corrected chi connectivity index (χ1v) is 22.8. The van der Waals surface area contributed by atoms with Crippen LogP contribution in [0.4, 0.5) is 0 Å². The number of aromatic nitrogens is 4. The van der Waals surface area contributed by atoms with Crippen LogP contribution >= 0.6 is 0 Å². The predicted molar refractivity (Wildman–Crippen MR) is 279 cm³/mol. The molecule has 312 valence electrons. The van der Waals surface area contributed by atoms with Crippen molar-refractivity contribution >= 4 is 54.1 Å². The summed E-state index contributed by atoms with van der Waals surface area (Å²) in [5.41, 5.74) is 12.9. The molecule has 13 rings (SSSR count). The Hall–Kier alpha value is -8.99. The SMILES string of the molecule is c1ccc(-c2cccc(-c3ccc4c(-c5nc(-c6ccccc6)nc(-c6cccc7ccccc67)n5)c(-c5ccccc5)cc(-n5c6ccccc6c6cc7ccccc7cc65)c4c3)c2)cc1. The van der Waals surface area contributed by atoms with Crippen molar-refractivity contribution in [2.75, 3.05) is 0 Å². The topological polar surface area (TPSA) is 43.6 Å². The van der Waals surface area contributed by atoms with Crippen molar-refractivity contribution in [2.24, 2.45) is 0 Å². The normalized spacial score (nSPS) is 11.6. The summed E-state index contributed by atoms with van der Waals surface area (Å²) in [5, 5.41) is 9.18. The highest BCUT2D eigenvalue weighted by molar-refractivity contribution is 6.16. The minimum Gasteiger partial charge on any atom is -0.309 e. The van der Waals surface area contributed by atoms with Gasteiger partial charge in [0.15, 0.2) is 17.5 Å². The van der Waals surface area contributed by atoms with Crippen LogP contribution in [0.15, 0.2) is 243 Å². The predicted octanol–water partition coefficient (Wildman–Crippen LogP) is 16.4. The average molecular weight is 853 g/mol. The molecule has 0 fully saturated rings. The molecule has 11 aromatic carbocycles. The maximum absolute atomic E-state index is 5.51. The van der Waals surface area contributed by atoms with Crippen LogP contribution in [0.2, 0.25) is 0 Å². The van der Waals surface area contributed by atoms with Gasteiger partial charge in [-0.25, -0.2) is 15.0 Å². The fraction of sp³-hybridized carbons (Fsp3) is 0. The Morgan fingerprint density at radius 1 is 0.254 bits per heavy atom. The van der Waals surface area contributed by atoms with E-state index < -0.39 is 0 Å². The van der Waals surface area contributed by atoms with Gasteiger partial charge in [0.2, 0.25) is 0 Å². The van der Waals surface area contributed by atoms with E-state index in [1.165, 1.54) is 32.7 Å². The Bertz CT molecular complexity index is 4020. The van der Waals surface area contributed by atoms with E-state index in [2.05, 4.69) is 229 Å². The van der Waals surface area contributed by atoms with Crippen LogP contribution in [0.25, 0.3) is 127 Å². The zero-order valence-corrected chi connectivity index (χ0v) is 36.4. The van der Waals surface area contributed by atoms with Crippen molar-refractivity contribution in [1.82, 2.24) is 19.5 Å². The molecule has 0 aliphatic rings. The van der Waals surface area contributed by atoms with Gasteiger partial charge in [-0.3, -0.25) is 0 Å². The molecule has 0 N–H and O–H groups in total. The molecule has 0 spiro atoms. The average Bonchev–Trinajstić information content (AvgIpc) is 3.72. The number of benzene rings is 11. The first-order valence-electron chi connectivity index (χ1n) is 22.8. The van der Waals surface area contributed by atoms with Gasteiger partial charge in [0.25, 0.3) is 0 Å². The summed E-state index contributed by atoms with van der Waals surface area (Å²) in [6.07, 6.45) is 0. The van der Waals surface area contributed by atoms with E-state index in [1.807, 2.05) is 18.2 Å². The smallest absolute Gasteiger partial charge is 0.165 e. The van der Waals surface area contributed by atoms with Crippen molar-refractivity contribution in [3.63, 3.8) is 0 Å². The minimum atomic E-state index is 0.610. The van der Waals surface area contributed by atoms with Crippen LogP contribution < -0.4 is 0 Å². The molecule has 67 heavy (non-hydrogen) atoms. The van der Waals surface area contributed by atoms with Gasteiger partial charge in [-0.15, -0.1) is 0 Å². The summed E-state index contributed by atoms with van der Waals surface area (Å²) in [7, 11) is 0. The maximum Gasteiger partial charge on any atom is 0.165 e. The molecular formula is C63H40N4. The molecule has 0 amide bonds. The summed E-state index contributed by atoms with van der Waals surface area (Å²) in [6.45, 7) is 0. The van der Waals surface area contributed by atoms with Crippen LogP contribution in [-0.4, -0.2) is 19.5 Å². The van der Waals surface area contributed by atoms with E-state index in [9.17, 15) is 0 Å².